The molecular weight excluding hydrogens is 188 g/mol. The molecule has 0 aliphatic heterocycles. The standard InChI is InChI=1S/C13H16O2/c14-9-11-3-5-12(6-4-11)13(10-15)7-1-2-8-13/h3-6,9,15H,1-2,7-8,10H2. The summed E-state index contributed by atoms with van der Waals surface area (Å²) in [4.78, 5) is 10.5. The highest BCUT2D eigenvalue weighted by Gasteiger charge is 2.34. The third kappa shape index (κ3) is 1.82. The molecule has 2 heteroatoms. The highest BCUT2D eigenvalue weighted by molar-refractivity contribution is 5.74. The molecule has 0 aromatic heterocycles. The zero-order valence-electron chi connectivity index (χ0n) is 8.78. The highest BCUT2D eigenvalue weighted by Crippen LogP contribution is 2.40. The Balaban J connectivity index is 2.30. The number of aliphatic hydroxyl groups excluding tert-OH is 1. The average Bonchev–Trinajstić information content (AvgIpc) is 2.79. The number of carbonyl (C=O) groups excluding carboxylic acids is 1. The van der Waals surface area contributed by atoms with Crippen LogP contribution in [0.3, 0.4) is 0 Å². The summed E-state index contributed by atoms with van der Waals surface area (Å²) in [6.45, 7) is 0.216. The van der Waals surface area contributed by atoms with E-state index in [-0.39, 0.29) is 12.0 Å². The van der Waals surface area contributed by atoms with Crippen molar-refractivity contribution in [2.75, 3.05) is 6.61 Å². The van der Waals surface area contributed by atoms with Gasteiger partial charge < -0.3 is 5.11 Å². The van der Waals surface area contributed by atoms with Crippen LogP contribution in [0.5, 0.6) is 0 Å². The highest BCUT2D eigenvalue weighted by atomic mass is 16.3. The van der Waals surface area contributed by atoms with E-state index in [9.17, 15) is 9.90 Å². The maximum atomic E-state index is 10.5. The molecule has 0 bridgehead atoms. The molecule has 0 unspecified atom stereocenters. The van der Waals surface area contributed by atoms with Gasteiger partial charge in [0.15, 0.2) is 0 Å². The summed E-state index contributed by atoms with van der Waals surface area (Å²) >= 11 is 0. The lowest BCUT2D eigenvalue weighted by atomic mass is 9.79. The van der Waals surface area contributed by atoms with E-state index >= 15 is 0 Å². The van der Waals surface area contributed by atoms with Crippen molar-refractivity contribution in [3.63, 3.8) is 0 Å². The van der Waals surface area contributed by atoms with Gasteiger partial charge in [-0.15, -0.1) is 0 Å². The molecule has 0 radical (unpaired) electrons. The molecule has 0 amide bonds. The van der Waals surface area contributed by atoms with E-state index in [1.165, 1.54) is 18.4 Å². The molecule has 0 atom stereocenters. The van der Waals surface area contributed by atoms with Crippen molar-refractivity contribution in [1.29, 1.82) is 0 Å². The first-order chi connectivity index (χ1) is 7.30. The van der Waals surface area contributed by atoms with Gasteiger partial charge in [-0.05, 0) is 18.4 Å². The number of benzene rings is 1. The summed E-state index contributed by atoms with van der Waals surface area (Å²) in [5, 5.41) is 9.53. The Kier molecular flexibility index (Phi) is 2.87. The maximum Gasteiger partial charge on any atom is 0.150 e. The Bertz CT molecular complexity index is 334. The molecule has 2 rings (SSSR count). The zero-order chi connectivity index (χ0) is 10.7. The third-order valence-corrected chi connectivity index (χ3v) is 3.52. The van der Waals surface area contributed by atoms with Crippen LogP contribution in [0.1, 0.15) is 41.6 Å². The van der Waals surface area contributed by atoms with E-state index in [0.717, 1.165) is 19.1 Å². The molecule has 1 aliphatic rings. The third-order valence-electron chi connectivity index (χ3n) is 3.52. The van der Waals surface area contributed by atoms with Crippen LogP contribution in [-0.4, -0.2) is 18.0 Å². The first-order valence-corrected chi connectivity index (χ1v) is 5.47. The van der Waals surface area contributed by atoms with Gasteiger partial charge in [0.25, 0.3) is 0 Å². The molecule has 80 valence electrons. The largest absolute Gasteiger partial charge is 0.395 e. The maximum absolute atomic E-state index is 10.5. The SMILES string of the molecule is O=Cc1ccc(C2(CO)CCCC2)cc1. The molecule has 1 aliphatic carbocycles. The second-order valence-electron chi connectivity index (χ2n) is 4.39. The predicted octanol–water partition coefficient (Wildman–Crippen LogP) is 2.30. The topological polar surface area (TPSA) is 37.3 Å². The fourth-order valence-electron chi connectivity index (χ4n) is 2.51. The Morgan fingerprint density at radius 2 is 1.80 bits per heavy atom. The number of carbonyl (C=O) groups is 1. The molecule has 0 spiro atoms. The lowest BCUT2D eigenvalue weighted by molar-refractivity contribution is 0.112. The summed E-state index contributed by atoms with van der Waals surface area (Å²) in [6.07, 6.45) is 5.35. The summed E-state index contributed by atoms with van der Waals surface area (Å²) in [6, 6.07) is 7.62. The van der Waals surface area contributed by atoms with Gasteiger partial charge in [0, 0.05) is 11.0 Å². The quantitative estimate of drug-likeness (QED) is 0.767. The fraction of sp³-hybridized carbons (Fsp3) is 0.462. The second kappa shape index (κ2) is 4.15. The molecule has 0 heterocycles. The van der Waals surface area contributed by atoms with Crippen LogP contribution in [0.25, 0.3) is 0 Å². The van der Waals surface area contributed by atoms with Crippen LogP contribution in [0.15, 0.2) is 24.3 Å². The van der Waals surface area contributed by atoms with Gasteiger partial charge in [-0.25, -0.2) is 0 Å². The minimum absolute atomic E-state index is 0.0403. The van der Waals surface area contributed by atoms with Crippen LogP contribution in [0, 0.1) is 0 Å². The van der Waals surface area contributed by atoms with E-state index in [2.05, 4.69) is 0 Å². The molecule has 15 heavy (non-hydrogen) atoms. The first-order valence-electron chi connectivity index (χ1n) is 5.47. The molecular formula is C13H16O2. The van der Waals surface area contributed by atoms with Gasteiger partial charge in [-0.1, -0.05) is 37.1 Å². The Morgan fingerprint density at radius 3 is 2.27 bits per heavy atom. The van der Waals surface area contributed by atoms with Crippen LogP contribution in [0.2, 0.25) is 0 Å². The van der Waals surface area contributed by atoms with Crippen molar-refractivity contribution in [2.24, 2.45) is 0 Å². The van der Waals surface area contributed by atoms with Crippen molar-refractivity contribution in [3.05, 3.63) is 35.4 Å². The van der Waals surface area contributed by atoms with Gasteiger partial charge in [-0.3, -0.25) is 4.79 Å². The van der Waals surface area contributed by atoms with Gasteiger partial charge in [-0.2, -0.15) is 0 Å². The fourth-order valence-corrected chi connectivity index (χ4v) is 2.51. The van der Waals surface area contributed by atoms with E-state index in [4.69, 9.17) is 0 Å². The molecule has 1 aromatic rings. The van der Waals surface area contributed by atoms with Crippen LogP contribution >= 0.6 is 0 Å². The normalized spacial score (nSPS) is 19.0. The van der Waals surface area contributed by atoms with Crippen molar-refractivity contribution in [2.45, 2.75) is 31.1 Å². The van der Waals surface area contributed by atoms with E-state index in [1.54, 1.807) is 0 Å². The number of aliphatic hydroxyl groups is 1. The van der Waals surface area contributed by atoms with Gasteiger partial charge in [0.2, 0.25) is 0 Å². The average molecular weight is 204 g/mol. The van der Waals surface area contributed by atoms with Gasteiger partial charge in [0.05, 0.1) is 6.61 Å². The minimum atomic E-state index is -0.0403. The Labute approximate surface area is 89.9 Å². The van der Waals surface area contributed by atoms with Crippen molar-refractivity contribution >= 4 is 6.29 Å². The van der Waals surface area contributed by atoms with Crippen LogP contribution in [0.4, 0.5) is 0 Å². The van der Waals surface area contributed by atoms with Gasteiger partial charge >= 0.3 is 0 Å². The molecule has 1 fully saturated rings. The number of rotatable bonds is 3. The monoisotopic (exact) mass is 204 g/mol. The van der Waals surface area contributed by atoms with Gasteiger partial charge in [0.1, 0.15) is 6.29 Å². The number of hydrogen-bond donors (Lipinski definition) is 1. The minimum Gasteiger partial charge on any atom is -0.395 e. The molecule has 1 aromatic carbocycles. The number of aldehydes is 1. The Morgan fingerprint density at radius 1 is 1.20 bits per heavy atom. The summed E-state index contributed by atoms with van der Waals surface area (Å²) in [7, 11) is 0. The first kappa shape index (κ1) is 10.4. The molecule has 0 saturated heterocycles. The van der Waals surface area contributed by atoms with E-state index in [1.807, 2.05) is 24.3 Å². The lowest BCUT2D eigenvalue weighted by Gasteiger charge is -2.27. The lowest BCUT2D eigenvalue weighted by Crippen LogP contribution is -2.26. The van der Waals surface area contributed by atoms with Crippen LogP contribution < -0.4 is 0 Å². The van der Waals surface area contributed by atoms with E-state index < -0.39 is 0 Å². The molecule has 1 N–H and O–H groups in total. The summed E-state index contributed by atoms with van der Waals surface area (Å²) < 4.78 is 0. The van der Waals surface area contributed by atoms with Crippen molar-refractivity contribution in [1.82, 2.24) is 0 Å². The van der Waals surface area contributed by atoms with E-state index in [0.29, 0.717) is 5.56 Å². The zero-order valence-corrected chi connectivity index (χ0v) is 8.78. The van der Waals surface area contributed by atoms with Crippen LogP contribution in [-0.2, 0) is 5.41 Å². The predicted molar refractivity (Wildman–Crippen MR) is 59.1 cm³/mol. The van der Waals surface area contributed by atoms with Crippen molar-refractivity contribution < 1.29 is 9.90 Å². The Hall–Kier alpha value is -1.15. The summed E-state index contributed by atoms with van der Waals surface area (Å²) in [5.41, 5.74) is 1.83. The number of hydrogen-bond acceptors (Lipinski definition) is 2. The smallest absolute Gasteiger partial charge is 0.150 e. The second-order valence-corrected chi connectivity index (χ2v) is 4.39. The summed E-state index contributed by atoms with van der Waals surface area (Å²) in [5.74, 6) is 0. The van der Waals surface area contributed by atoms with Crippen molar-refractivity contribution in [3.8, 4) is 0 Å². The molecule has 2 nitrogen and oxygen atoms in total. The molecule has 1 saturated carbocycles.